The summed E-state index contributed by atoms with van der Waals surface area (Å²) in [5, 5.41) is 9.59. The van der Waals surface area contributed by atoms with Crippen LogP contribution < -0.4 is 5.56 Å². The molecule has 1 N–H and O–H groups in total. The monoisotopic (exact) mass is 320 g/mol. The molecule has 3 rings (SSSR count). The fourth-order valence-corrected chi connectivity index (χ4v) is 3.96. The van der Waals surface area contributed by atoms with E-state index in [2.05, 4.69) is 4.98 Å². The third kappa shape index (κ3) is 2.38. The van der Waals surface area contributed by atoms with Crippen molar-refractivity contribution in [2.45, 2.75) is 20.4 Å². The molecule has 3 aromatic rings. The van der Waals surface area contributed by atoms with Gasteiger partial charge in [0.25, 0.3) is 5.56 Å². The Morgan fingerprint density at radius 2 is 2.10 bits per heavy atom. The van der Waals surface area contributed by atoms with Crippen molar-refractivity contribution in [3.63, 3.8) is 0 Å². The van der Waals surface area contributed by atoms with Crippen LogP contribution in [0.4, 0.5) is 0 Å². The van der Waals surface area contributed by atoms with Crippen LogP contribution in [0.15, 0.2) is 23.3 Å². The molecule has 3 aromatic heterocycles. The molecule has 0 aliphatic rings. The zero-order valence-corrected chi connectivity index (χ0v) is 13.0. The number of hydrogen-bond donors (Lipinski definition) is 1. The lowest BCUT2D eigenvalue weighted by molar-refractivity contribution is 0.0702. The minimum absolute atomic E-state index is 0.0767. The van der Waals surface area contributed by atoms with Gasteiger partial charge in [0.2, 0.25) is 0 Å². The van der Waals surface area contributed by atoms with Gasteiger partial charge >= 0.3 is 5.97 Å². The fourth-order valence-electron chi connectivity index (χ4n) is 2.13. The second kappa shape index (κ2) is 5.09. The second-order valence-electron chi connectivity index (χ2n) is 4.71. The van der Waals surface area contributed by atoms with Gasteiger partial charge in [-0.2, -0.15) is 0 Å². The van der Waals surface area contributed by atoms with E-state index in [0.717, 1.165) is 20.1 Å². The average molecular weight is 320 g/mol. The van der Waals surface area contributed by atoms with Crippen LogP contribution >= 0.6 is 22.7 Å². The molecule has 108 valence electrons. The normalized spacial score (nSPS) is 11.1. The van der Waals surface area contributed by atoms with Gasteiger partial charge in [0.15, 0.2) is 0 Å². The van der Waals surface area contributed by atoms with E-state index >= 15 is 0 Å². The first-order valence-corrected chi connectivity index (χ1v) is 7.88. The quantitative estimate of drug-likeness (QED) is 0.805. The molecule has 0 bridgehead atoms. The molecule has 0 spiro atoms. The molecule has 21 heavy (non-hydrogen) atoms. The topological polar surface area (TPSA) is 72.2 Å². The van der Waals surface area contributed by atoms with E-state index < -0.39 is 5.97 Å². The van der Waals surface area contributed by atoms with Crippen molar-refractivity contribution < 1.29 is 9.90 Å². The molecule has 7 heteroatoms. The number of hydrogen-bond acceptors (Lipinski definition) is 5. The maximum atomic E-state index is 12.5. The molecule has 0 aromatic carbocycles. The molecule has 0 amide bonds. The van der Waals surface area contributed by atoms with Crippen LogP contribution in [-0.2, 0) is 6.54 Å². The van der Waals surface area contributed by atoms with Gasteiger partial charge in [-0.15, -0.1) is 22.7 Å². The lowest BCUT2D eigenvalue weighted by Crippen LogP contribution is -2.20. The number of thiophene rings is 2. The summed E-state index contributed by atoms with van der Waals surface area (Å²) >= 11 is 2.69. The van der Waals surface area contributed by atoms with Gasteiger partial charge in [0.1, 0.15) is 9.71 Å². The summed E-state index contributed by atoms with van der Waals surface area (Å²) in [5.41, 5.74) is 0.895. The van der Waals surface area contributed by atoms with Crippen LogP contribution in [0.25, 0.3) is 10.2 Å². The van der Waals surface area contributed by atoms with Crippen molar-refractivity contribution in [1.29, 1.82) is 0 Å². The SMILES string of the molecule is Cc1sc2ncn(Cc3ccc(C(=O)O)s3)c(=O)c2c1C. The van der Waals surface area contributed by atoms with Crippen molar-refractivity contribution in [1.82, 2.24) is 9.55 Å². The zero-order chi connectivity index (χ0) is 15.1. The first-order chi connectivity index (χ1) is 9.97. The molecule has 0 atom stereocenters. The minimum Gasteiger partial charge on any atom is -0.477 e. The van der Waals surface area contributed by atoms with E-state index in [9.17, 15) is 9.59 Å². The fraction of sp³-hybridized carbons (Fsp3) is 0.214. The molecule has 0 radical (unpaired) electrons. The van der Waals surface area contributed by atoms with Crippen LogP contribution in [0.5, 0.6) is 0 Å². The number of fused-ring (bicyclic) bond motifs is 1. The van der Waals surface area contributed by atoms with Gasteiger partial charge in [-0.3, -0.25) is 9.36 Å². The van der Waals surface area contributed by atoms with Crippen molar-refractivity contribution in [3.05, 3.63) is 49.0 Å². The Kier molecular flexibility index (Phi) is 3.38. The third-order valence-electron chi connectivity index (χ3n) is 3.35. The molecule has 0 saturated heterocycles. The van der Waals surface area contributed by atoms with Crippen LogP contribution in [-0.4, -0.2) is 20.6 Å². The first-order valence-electron chi connectivity index (χ1n) is 6.24. The highest BCUT2D eigenvalue weighted by Crippen LogP contribution is 2.25. The first kappa shape index (κ1) is 14.0. The maximum absolute atomic E-state index is 12.5. The third-order valence-corrected chi connectivity index (χ3v) is 5.53. The second-order valence-corrected chi connectivity index (χ2v) is 7.08. The number of aryl methyl sites for hydroxylation is 2. The highest BCUT2D eigenvalue weighted by atomic mass is 32.1. The predicted molar refractivity (Wildman–Crippen MR) is 83.7 cm³/mol. The molecule has 0 fully saturated rings. The highest BCUT2D eigenvalue weighted by Gasteiger charge is 2.13. The Balaban J connectivity index is 2.04. The zero-order valence-electron chi connectivity index (χ0n) is 11.4. The molecular formula is C14H12N2O3S2. The summed E-state index contributed by atoms with van der Waals surface area (Å²) < 4.78 is 1.53. The van der Waals surface area contributed by atoms with Crippen LogP contribution in [0.1, 0.15) is 25.0 Å². The predicted octanol–water partition coefficient (Wildman–Crippen LogP) is 2.88. The number of aromatic carboxylic acids is 1. The van der Waals surface area contributed by atoms with E-state index in [-0.39, 0.29) is 10.4 Å². The van der Waals surface area contributed by atoms with Gasteiger partial charge in [-0.1, -0.05) is 0 Å². The molecule has 0 saturated carbocycles. The molecule has 0 aliphatic heterocycles. The molecule has 5 nitrogen and oxygen atoms in total. The summed E-state index contributed by atoms with van der Waals surface area (Å²) in [5.74, 6) is -0.948. The van der Waals surface area contributed by atoms with Crippen molar-refractivity contribution in [2.24, 2.45) is 0 Å². The highest BCUT2D eigenvalue weighted by molar-refractivity contribution is 7.18. The Bertz CT molecular complexity index is 905. The lowest BCUT2D eigenvalue weighted by Gasteiger charge is -2.03. The number of aromatic nitrogens is 2. The van der Waals surface area contributed by atoms with Crippen molar-refractivity contribution in [3.8, 4) is 0 Å². The lowest BCUT2D eigenvalue weighted by atomic mass is 10.2. The van der Waals surface area contributed by atoms with Crippen LogP contribution in [0.2, 0.25) is 0 Å². The van der Waals surface area contributed by atoms with E-state index in [0.29, 0.717) is 11.9 Å². The van der Waals surface area contributed by atoms with Gasteiger partial charge in [0.05, 0.1) is 18.3 Å². The summed E-state index contributed by atoms with van der Waals surface area (Å²) in [6.45, 7) is 4.24. The van der Waals surface area contributed by atoms with E-state index in [1.165, 1.54) is 33.6 Å². The van der Waals surface area contributed by atoms with E-state index in [1.54, 1.807) is 12.1 Å². The minimum atomic E-state index is -0.948. The molecule has 0 unspecified atom stereocenters. The Morgan fingerprint density at radius 1 is 1.33 bits per heavy atom. The van der Waals surface area contributed by atoms with Gasteiger partial charge in [-0.25, -0.2) is 9.78 Å². The van der Waals surface area contributed by atoms with E-state index in [1.807, 2.05) is 13.8 Å². The number of carbonyl (C=O) groups is 1. The average Bonchev–Trinajstić information content (AvgIpc) is 3.00. The maximum Gasteiger partial charge on any atom is 0.345 e. The number of nitrogens with zero attached hydrogens (tertiary/aromatic N) is 2. The Morgan fingerprint density at radius 3 is 2.76 bits per heavy atom. The summed E-state index contributed by atoms with van der Waals surface area (Å²) in [6.07, 6.45) is 1.53. The Hall–Kier alpha value is -1.99. The molecule has 0 aliphatic carbocycles. The number of rotatable bonds is 3. The van der Waals surface area contributed by atoms with Gasteiger partial charge < -0.3 is 5.11 Å². The standard InChI is InChI=1S/C14H12N2O3S2/c1-7-8(2)20-12-11(7)13(17)16(6-15-12)5-9-3-4-10(21-9)14(18)19/h3-4,6H,5H2,1-2H3,(H,18,19). The molecular weight excluding hydrogens is 308 g/mol. The smallest absolute Gasteiger partial charge is 0.345 e. The largest absolute Gasteiger partial charge is 0.477 e. The summed E-state index contributed by atoms with van der Waals surface area (Å²) in [6, 6.07) is 3.29. The number of carboxylic acids is 1. The molecule has 3 heterocycles. The van der Waals surface area contributed by atoms with Gasteiger partial charge in [0, 0.05) is 9.75 Å². The van der Waals surface area contributed by atoms with E-state index in [4.69, 9.17) is 5.11 Å². The summed E-state index contributed by atoms with van der Waals surface area (Å²) in [7, 11) is 0. The number of carboxylic acid groups (broad SMARTS) is 1. The van der Waals surface area contributed by atoms with Crippen LogP contribution in [0.3, 0.4) is 0 Å². The summed E-state index contributed by atoms with van der Waals surface area (Å²) in [4.78, 5) is 30.7. The van der Waals surface area contributed by atoms with Gasteiger partial charge in [-0.05, 0) is 31.5 Å². The Labute approximate surface area is 128 Å². The van der Waals surface area contributed by atoms with Crippen LogP contribution in [0, 0.1) is 13.8 Å². The van der Waals surface area contributed by atoms with Crippen molar-refractivity contribution in [2.75, 3.05) is 0 Å². The van der Waals surface area contributed by atoms with Crippen molar-refractivity contribution >= 4 is 38.9 Å².